The molecule has 0 spiro atoms. The van der Waals surface area contributed by atoms with E-state index in [-0.39, 0.29) is 0 Å². The Balaban J connectivity index is 2.53. The molecule has 0 amide bonds. The first kappa shape index (κ1) is 9.14. The first-order chi connectivity index (χ1) is 6.81. The number of nitrogens with one attached hydrogen (secondary N) is 1. The molecule has 0 aliphatic carbocycles. The van der Waals surface area contributed by atoms with E-state index in [9.17, 15) is 0 Å². The van der Waals surface area contributed by atoms with E-state index in [1.807, 2.05) is 13.1 Å². The maximum absolute atomic E-state index is 4.12. The lowest BCUT2D eigenvalue weighted by atomic mass is 10.3. The number of nitrogens with zero attached hydrogens (tertiary/aromatic N) is 4. The fourth-order valence-electron chi connectivity index (χ4n) is 1.12. The Morgan fingerprint density at radius 2 is 2.07 bits per heavy atom. The molecular formula is C8H8BrN5. The number of hydrogen-bond acceptors (Lipinski definition) is 4. The van der Waals surface area contributed by atoms with Crippen molar-refractivity contribution in [3.05, 3.63) is 29.3 Å². The second kappa shape index (κ2) is 3.75. The van der Waals surface area contributed by atoms with Crippen molar-refractivity contribution in [2.24, 2.45) is 0 Å². The Labute approximate surface area is 89.3 Å². The molecule has 0 saturated carbocycles. The molecule has 0 aromatic carbocycles. The third kappa shape index (κ3) is 1.60. The molecule has 2 aromatic rings. The zero-order chi connectivity index (χ0) is 9.97. The maximum Gasteiger partial charge on any atom is 0.127 e. The normalized spacial score (nSPS) is 10.1. The molecule has 0 bridgehead atoms. The molecular weight excluding hydrogens is 246 g/mol. The molecule has 0 radical (unpaired) electrons. The topological polar surface area (TPSA) is 55.6 Å². The third-order valence-electron chi connectivity index (χ3n) is 1.75. The van der Waals surface area contributed by atoms with E-state index in [1.165, 1.54) is 4.80 Å². The van der Waals surface area contributed by atoms with Crippen LogP contribution in [0.2, 0.25) is 0 Å². The summed E-state index contributed by atoms with van der Waals surface area (Å²) in [4.78, 5) is 5.64. The van der Waals surface area contributed by atoms with Crippen molar-refractivity contribution >= 4 is 21.6 Å². The number of halogens is 1. The lowest BCUT2D eigenvalue weighted by Crippen LogP contribution is -2.04. The molecule has 72 valence electrons. The fourth-order valence-corrected chi connectivity index (χ4v) is 1.45. The van der Waals surface area contributed by atoms with E-state index in [0.29, 0.717) is 0 Å². The van der Waals surface area contributed by atoms with E-state index in [4.69, 9.17) is 0 Å². The first-order valence-electron chi connectivity index (χ1n) is 4.01. The average molecular weight is 254 g/mol. The second-order valence-corrected chi connectivity index (χ2v) is 3.41. The van der Waals surface area contributed by atoms with Gasteiger partial charge in [-0.2, -0.15) is 10.2 Å². The van der Waals surface area contributed by atoms with Crippen molar-refractivity contribution < 1.29 is 0 Å². The Bertz CT molecular complexity index is 425. The SMILES string of the molecule is CNc1cc(Br)ncc1-n1nccn1. The lowest BCUT2D eigenvalue weighted by molar-refractivity contribution is 0.749. The van der Waals surface area contributed by atoms with Crippen LogP contribution >= 0.6 is 15.9 Å². The quantitative estimate of drug-likeness (QED) is 0.824. The minimum Gasteiger partial charge on any atom is -0.386 e. The van der Waals surface area contributed by atoms with Crippen LogP contribution < -0.4 is 5.32 Å². The minimum atomic E-state index is 0.776. The number of anilines is 1. The Morgan fingerprint density at radius 1 is 1.36 bits per heavy atom. The summed E-state index contributed by atoms with van der Waals surface area (Å²) in [6, 6.07) is 1.87. The second-order valence-electron chi connectivity index (χ2n) is 2.59. The minimum absolute atomic E-state index is 0.776. The van der Waals surface area contributed by atoms with Crippen molar-refractivity contribution in [3.8, 4) is 5.69 Å². The summed E-state index contributed by atoms with van der Waals surface area (Å²) >= 11 is 3.30. The van der Waals surface area contributed by atoms with Crippen LogP contribution in [0.25, 0.3) is 5.69 Å². The highest BCUT2D eigenvalue weighted by molar-refractivity contribution is 9.10. The van der Waals surface area contributed by atoms with Gasteiger partial charge < -0.3 is 5.32 Å². The van der Waals surface area contributed by atoms with Gasteiger partial charge in [0.2, 0.25) is 0 Å². The molecule has 1 N–H and O–H groups in total. The van der Waals surface area contributed by atoms with Crippen molar-refractivity contribution in [3.63, 3.8) is 0 Å². The molecule has 0 fully saturated rings. The molecule has 0 aliphatic heterocycles. The van der Waals surface area contributed by atoms with Gasteiger partial charge in [-0.1, -0.05) is 0 Å². The van der Waals surface area contributed by atoms with Crippen LogP contribution in [0, 0.1) is 0 Å². The standard InChI is InChI=1S/C8H8BrN5/c1-10-6-4-8(9)11-5-7(6)14-12-2-3-13-14/h2-5H,1H3,(H,10,11). The molecule has 0 saturated heterocycles. The molecule has 2 aromatic heterocycles. The fraction of sp³-hybridized carbons (Fsp3) is 0.125. The number of hydrogen-bond donors (Lipinski definition) is 1. The highest BCUT2D eigenvalue weighted by Crippen LogP contribution is 2.20. The van der Waals surface area contributed by atoms with Crippen LogP contribution in [0.3, 0.4) is 0 Å². The number of pyridine rings is 1. The summed E-state index contributed by atoms with van der Waals surface area (Å²) in [5.41, 5.74) is 1.74. The molecule has 14 heavy (non-hydrogen) atoms. The maximum atomic E-state index is 4.12. The summed E-state index contributed by atoms with van der Waals surface area (Å²) in [5, 5.41) is 11.1. The molecule has 2 heterocycles. The zero-order valence-electron chi connectivity index (χ0n) is 7.48. The summed E-state index contributed by atoms with van der Waals surface area (Å²) in [6.07, 6.45) is 4.96. The summed E-state index contributed by atoms with van der Waals surface area (Å²) in [7, 11) is 1.84. The predicted octanol–water partition coefficient (Wildman–Crippen LogP) is 1.47. The Hall–Kier alpha value is -1.43. The highest BCUT2D eigenvalue weighted by atomic mass is 79.9. The number of rotatable bonds is 2. The van der Waals surface area contributed by atoms with E-state index in [2.05, 4.69) is 36.4 Å². The van der Waals surface area contributed by atoms with Gasteiger partial charge in [0.15, 0.2) is 0 Å². The van der Waals surface area contributed by atoms with Gasteiger partial charge in [0.25, 0.3) is 0 Å². The van der Waals surface area contributed by atoms with Crippen LogP contribution in [0.4, 0.5) is 5.69 Å². The van der Waals surface area contributed by atoms with Crippen molar-refractivity contribution in [2.75, 3.05) is 12.4 Å². The summed E-state index contributed by atoms with van der Waals surface area (Å²) in [5.74, 6) is 0. The van der Waals surface area contributed by atoms with Crippen LogP contribution in [0.15, 0.2) is 29.3 Å². The van der Waals surface area contributed by atoms with E-state index in [0.717, 1.165) is 16.0 Å². The van der Waals surface area contributed by atoms with Gasteiger partial charge in [-0.05, 0) is 22.0 Å². The van der Waals surface area contributed by atoms with Gasteiger partial charge in [-0.15, -0.1) is 4.80 Å². The first-order valence-corrected chi connectivity index (χ1v) is 4.80. The molecule has 6 heteroatoms. The average Bonchev–Trinajstić information content (AvgIpc) is 2.70. The molecule has 2 rings (SSSR count). The largest absolute Gasteiger partial charge is 0.386 e. The van der Waals surface area contributed by atoms with E-state index < -0.39 is 0 Å². The third-order valence-corrected chi connectivity index (χ3v) is 2.19. The lowest BCUT2D eigenvalue weighted by Gasteiger charge is -2.06. The van der Waals surface area contributed by atoms with Crippen molar-refractivity contribution in [1.29, 1.82) is 0 Å². The van der Waals surface area contributed by atoms with Crippen LogP contribution in [0.5, 0.6) is 0 Å². The van der Waals surface area contributed by atoms with Crippen molar-refractivity contribution in [2.45, 2.75) is 0 Å². The van der Waals surface area contributed by atoms with Crippen molar-refractivity contribution in [1.82, 2.24) is 20.0 Å². The predicted molar refractivity (Wildman–Crippen MR) is 56.4 cm³/mol. The van der Waals surface area contributed by atoms with Crippen LogP contribution in [-0.2, 0) is 0 Å². The van der Waals surface area contributed by atoms with Gasteiger partial charge in [0.1, 0.15) is 10.3 Å². The van der Waals surface area contributed by atoms with Gasteiger partial charge in [-0.3, -0.25) is 0 Å². The number of aromatic nitrogens is 4. The summed E-state index contributed by atoms with van der Waals surface area (Å²) in [6.45, 7) is 0. The van der Waals surface area contributed by atoms with Gasteiger partial charge in [0, 0.05) is 7.05 Å². The van der Waals surface area contributed by atoms with Crippen LogP contribution in [-0.4, -0.2) is 27.0 Å². The molecule has 0 unspecified atom stereocenters. The molecule has 0 atom stereocenters. The van der Waals surface area contributed by atoms with Gasteiger partial charge >= 0.3 is 0 Å². The van der Waals surface area contributed by atoms with Crippen LogP contribution in [0.1, 0.15) is 0 Å². The summed E-state index contributed by atoms with van der Waals surface area (Å²) < 4.78 is 0.776. The van der Waals surface area contributed by atoms with Gasteiger partial charge in [-0.25, -0.2) is 4.98 Å². The monoisotopic (exact) mass is 253 g/mol. The molecule has 5 nitrogen and oxygen atoms in total. The Kier molecular flexibility index (Phi) is 2.45. The van der Waals surface area contributed by atoms with Gasteiger partial charge in [0.05, 0.1) is 24.3 Å². The van der Waals surface area contributed by atoms with E-state index in [1.54, 1.807) is 18.6 Å². The van der Waals surface area contributed by atoms with E-state index >= 15 is 0 Å². The smallest absolute Gasteiger partial charge is 0.127 e. The molecule has 0 aliphatic rings. The highest BCUT2D eigenvalue weighted by Gasteiger charge is 2.05. The zero-order valence-corrected chi connectivity index (χ0v) is 9.06. The Morgan fingerprint density at radius 3 is 2.71 bits per heavy atom.